The Morgan fingerprint density at radius 1 is 1.29 bits per heavy atom. The summed E-state index contributed by atoms with van der Waals surface area (Å²) in [6.07, 6.45) is 0.127. The molecule has 0 aliphatic heterocycles. The summed E-state index contributed by atoms with van der Waals surface area (Å²) in [4.78, 5) is 34.8. The number of thiophene rings is 1. The summed E-state index contributed by atoms with van der Waals surface area (Å²) in [7, 11) is 0. The van der Waals surface area contributed by atoms with E-state index in [9.17, 15) is 14.4 Å². The topological polar surface area (TPSA) is 95.5 Å². The van der Waals surface area contributed by atoms with E-state index in [-0.39, 0.29) is 37.2 Å². The molecular formula is C14H20N2O4S. The molecule has 1 heterocycles. The Morgan fingerprint density at radius 2 is 2.00 bits per heavy atom. The summed E-state index contributed by atoms with van der Waals surface area (Å²) >= 11 is 1.33. The summed E-state index contributed by atoms with van der Waals surface area (Å²) < 4.78 is 0. The SMILES string of the molecule is CC(C)C(CNC(=O)CCNC(=O)c1cccs1)C(=O)O. The Balaban J connectivity index is 2.25. The Morgan fingerprint density at radius 3 is 2.52 bits per heavy atom. The predicted molar refractivity (Wildman–Crippen MR) is 80.2 cm³/mol. The number of hydrogen-bond acceptors (Lipinski definition) is 4. The lowest BCUT2D eigenvalue weighted by atomic mass is 9.96. The van der Waals surface area contributed by atoms with Gasteiger partial charge in [-0.15, -0.1) is 11.3 Å². The van der Waals surface area contributed by atoms with E-state index in [2.05, 4.69) is 10.6 Å². The summed E-state index contributed by atoms with van der Waals surface area (Å²) in [5, 5.41) is 16.0. The summed E-state index contributed by atoms with van der Waals surface area (Å²) in [5.41, 5.74) is 0. The van der Waals surface area contributed by atoms with Gasteiger partial charge in [-0.05, 0) is 17.4 Å². The first-order valence-corrected chi connectivity index (χ1v) is 7.61. The maximum absolute atomic E-state index is 11.6. The van der Waals surface area contributed by atoms with Crippen molar-refractivity contribution in [2.24, 2.45) is 11.8 Å². The van der Waals surface area contributed by atoms with Crippen LogP contribution in [-0.2, 0) is 9.59 Å². The fourth-order valence-corrected chi connectivity index (χ4v) is 2.34. The quantitative estimate of drug-likeness (QED) is 0.675. The lowest BCUT2D eigenvalue weighted by Crippen LogP contribution is -2.37. The zero-order valence-electron chi connectivity index (χ0n) is 12.1. The van der Waals surface area contributed by atoms with Gasteiger partial charge in [0.05, 0.1) is 10.8 Å². The number of hydrogen-bond donors (Lipinski definition) is 3. The minimum atomic E-state index is -0.920. The van der Waals surface area contributed by atoms with Crippen LogP contribution in [0.1, 0.15) is 29.9 Å². The number of carbonyl (C=O) groups is 3. The van der Waals surface area contributed by atoms with Crippen molar-refractivity contribution in [2.45, 2.75) is 20.3 Å². The standard InChI is InChI=1S/C14H20N2O4S/c1-9(2)10(14(19)20)8-16-12(17)5-6-15-13(18)11-4-3-7-21-11/h3-4,7,9-10H,5-6,8H2,1-2H3,(H,15,18)(H,16,17)(H,19,20). The molecule has 6 nitrogen and oxygen atoms in total. The molecule has 1 aromatic rings. The molecule has 0 radical (unpaired) electrons. The molecule has 0 saturated carbocycles. The van der Waals surface area contributed by atoms with Crippen molar-refractivity contribution in [1.29, 1.82) is 0 Å². The van der Waals surface area contributed by atoms with Gasteiger partial charge in [-0.2, -0.15) is 0 Å². The van der Waals surface area contributed by atoms with Crippen LogP contribution >= 0.6 is 11.3 Å². The Kier molecular flexibility index (Phi) is 6.87. The van der Waals surface area contributed by atoms with E-state index in [0.717, 1.165) is 0 Å². The maximum atomic E-state index is 11.6. The molecule has 21 heavy (non-hydrogen) atoms. The highest BCUT2D eigenvalue weighted by Gasteiger charge is 2.21. The van der Waals surface area contributed by atoms with E-state index in [1.165, 1.54) is 11.3 Å². The van der Waals surface area contributed by atoms with E-state index in [4.69, 9.17) is 5.11 Å². The molecule has 1 unspecified atom stereocenters. The van der Waals surface area contributed by atoms with Gasteiger partial charge in [-0.25, -0.2) is 0 Å². The Hall–Kier alpha value is -1.89. The zero-order chi connectivity index (χ0) is 15.8. The molecule has 1 aromatic heterocycles. The van der Waals surface area contributed by atoms with Gasteiger partial charge in [0.1, 0.15) is 0 Å². The van der Waals surface area contributed by atoms with Gasteiger partial charge in [0.15, 0.2) is 0 Å². The van der Waals surface area contributed by atoms with Crippen LogP contribution in [0.4, 0.5) is 0 Å². The van der Waals surface area contributed by atoms with Crippen LogP contribution in [0.5, 0.6) is 0 Å². The predicted octanol–water partition coefficient (Wildman–Crippen LogP) is 1.34. The molecule has 1 atom stereocenters. The first-order chi connectivity index (χ1) is 9.91. The first kappa shape index (κ1) is 17.2. The van der Waals surface area contributed by atoms with Crippen molar-refractivity contribution in [3.8, 4) is 0 Å². The lowest BCUT2D eigenvalue weighted by molar-refractivity contribution is -0.143. The number of nitrogens with one attached hydrogen (secondary N) is 2. The average molecular weight is 312 g/mol. The van der Waals surface area contributed by atoms with E-state index in [0.29, 0.717) is 4.88 Å². The number of carboxylic acid groups (broad SMARTS) is 1. The first-order valence-electron chi connectivity index (χ1n) is 6.73. The highest BCUT2D eigenvalue weighted by atomic mass is 32.1. The maximum Gasteiger partial charge on any atom is 0.308 e. The molecule has 0 bridgehead atoms. The van der Waals surface area contributed by atoms with E-state index >= 15 is 0 Å². The van der Waals surface area contributed by atoms with E-state index in [1.54, 1.807) is 31.4 Å². The van der Waals surface area contributed by atoms with Crippen molar-refractivity contribution in [2.75, 3.05) is 13.1 Å². The highest BCUT2D eigenvalue weighted by Crippen LogP contribution is 2.10. The van der Waals surface area contributed by atoms with Gasteiger partial charge < -0.3 is 15.7 Å². The second kappa shape index (κ2) is 8.41. The molecule has 0 aromatic carbocycles. The van der Waals surface area contributed by atoms with Gasteiger partial charge >= 0.3 is 5.97 Å². The van der Waals surface area contributed by atoms with Crippen molar-refractivity contribution < 1.29 is 19.5 Å². The van der Waals surface area contributed by atoms with Gasteiger partial charge in [-0.3, -0.25) is 14.4 Å². The third-order valence-corrected chi connectivity index (χ3v) is 3.89. The molecule has 0 aliphatic carbocycles. The third-order valence-electron chi connectivity index (χ3n) is 3.02. The molecule has 1 rings (SSSR count). The molecular weight excluding hydrogens is 292 g/mol. The minimum Gasteiger partial charge on any atom is -0.481 e. The fraction of sp³-hybridized carbons (Fsp3) is 0.500. The van der Waals surface area contributed by atoms with Gasteiger partial charge in [-0.1, -0.05) is 19.9 Å². The minimum absolute atomic E-state index is 0.0543. The zero-order valence-corrected chi connectivity index (χ0v) is 12.9. The second-order valence-corrected chi connectivity index (χ2v) is 5.92. The van der Waals surface area contributed by atoms with Crippen LogP contribution < -0.4 is 10.6 Å². The van der Waals surface area contributed by atoms with Crippen LogP contribution in [0.3, 0.4) is 0 Å². The van der Waals surface area contributed by atoms with Gasteiger partial charge in [0, 0.05) is 19.5 Å². The lowest BCUT2D eigenvalue weighted by Gasteiger charge is -2.16. The van der Waals surface area contributed by atoms with Crippen molar-refractivity contribution in [1.82, 2.24) is 10.6 Å². The highest BCUT2D eigenvalue weighted by molar-refractivity contribution is 7.12. The van der Waals surface area contributed by atoms with Crippen LogP contribution in [0.2, 0.25) is 0 Å². The Bertz CT molecular complexity index is 485. The number of carbonyl (C=O) groups excluding carboxylic acids is 2. The monoisotopic (exact) mass is 312 g/mol. The fourth-order valence-electron chi connectivity index (χ4n) is 1.70. The molecule has 3 N–H and O–H groups in total. The number of amides is 2. The van der Waals surface area contributed by atoms with Crippen molar-refractivity contribution in [3.63, 3.8) is 0 Å². The third kappa shape index (κ3) is 5.95. The molecule has 0 saturated heterocycles. The molecule has 0 aliphatic rings. The van der Waals surface area contributed by atoms with Crippen molar-refractivity contribution in [3.05, 3.63) is 22.4 Å². The molecule has 116 valence electrons. The van der Waals surface area contributed by atoms with E-state index < -0.39 is 11.9 Å². The number of rotatable bonds is 8. The molecule has 7 heteroatoms. The molecule has 0 spiro atoms. The Labute approximate surface area is 127 Å². The summed E-state index contributed by atoms with van der Waals surface area (Å²) in [5.74, 6) is -2.05. The van der Waals surface area contributed by atoms with Crippen molar-refractivity contribution >= 4 is 29.1 Å². The summed E-state index contributed by atoms with van der Waals surface area (Å²) in [6.45, 7) is 3.92. The van der Waals surface area contributed by atoms with Gasteiger partial charge in [0.2, 0.25) is 5.91 Å². The number of aliphatic carboxylic acids is 1. The summed E-state index contributed by atoms with van der Waals surface area (Å²) in [6, 6.07) is 3.49. The normalized spacial score (nSPS) is 12.0. The van der Waals surface area contributed by atoms with Crippen LogP contribution in [0.15, 0.2) is 17.5 Å². The van der Waals surface area contributed by atoms with E-state index in [1.807, 2.05) is 0 Å². The molecule has 2 amide bonds. The van der Waals surface area contributed by atoms with Crippen LogP contribution in [0.25, 0.3) is 0 Å². The van der Waals surface area contributed by atoms with Crippen LogP contribution in [-0.4, -0.2) is 36.0 Å². The average Bonchev–Trinajstić information content (AvgIpc) is 2.91. The van der Waals surface area contributed by atoms with Gasteiger partial charge in [0.25, 0.3) is 5.91 Å². The number of carboxylic acids is 1. The largest absolute Gasteiger partial charge is 0.481 e. The molecule has 0 fully saturated rings. The smallest absolute Gasteiger partial charge is 0.308 e. The van der Waals surface area contributed by atoms with Crippen LogP contribution in [0, 0.1) is 11.8 Å². The second-order valence-electron chi connectivity index (χ2n) is 4.98.